The van der Waals surface area contributed by atoms with Gasteiger partial charge in [0.25, 0.3) is 0 Å². The quantitative estimate of drug-likeness (QED) is 0.614. The highest BCUT2D eigenvalue weighted by atomic mass is 15.5. The second-order valence-electron chi connectivity index (χ2n) is 3.42. The van der Waals surface area contributed by atoms with Crippen LogP contribution in [0.4, 0.5) is 0 Å². The van der Waals surface area contributed by atoms with Crippen LogP contribution in [0.2, 0.25) is 0 Å². The fraction of sp³-hybridized carbons (Fsp3) is 0.800. The van der Waals surface area contributed by atoms with Crippen molar-refractivity contribution < 1.29 is 4.68 Å². The van der Waals surface area contributed by atoms with Gasteiger partial charge >= 0.3 is 0 Å². The molecule has 3 nitrogen and oxygen atoms in total. The summed E-state index contributed by atoms with van der Waals surface area (Å²) in [5, 5.41) is 4.42. The minimum absolute atomic E-state index is 1.05. The van der Waals surface area contributed by atoms with Gasteiger partial charge in [0, 0.05) is 0 Å². The summed E-state index contributed by atoms with van der Waals surface area (Å²) < 4.78 is 4.05. The monoisotopic (exact) mass is 182 g/mol. The summed E-state index contributed by atoms with van der Waals surface area (Å²) in [7, 11) is 0. The van der Waals surface area contributed by atoms with Crippen LogP contribution >= 0.6 is 0 Å². The van der Waals surface area contributed by atoms with Crippen LogP contribution in [-0.4, -0.2) is 9.90 Å². The maximum Gasteiger partial charge on any atom is 0.155 e. The first-order valence-electron chi connectivity index (χ1n) is 5.30. The average molecular weight is 182 g/mol. The minimum atomic E-state index is 1.05. The molecule has 1 heterocycles. The molecule has 0 atom stereocenters. The van der Waals surface area contributed by atoms with Crippen LogP contribution in [0.5, 0.6) is 0 Å². The topological polar surface area (TPSA) is 21.7 Å². The van der Waals surface area contributed by atoms with E-state index in [4.69, 9.17) is 0 Å². The van der Waals surface area contributed by atoms with Gasteiger partial charge in [0.2, 0.25) is 0 Å². The van der Waals surface area contributed by atoms with E-state index in [-0.39, 0.29) is 0 Å². The van der Waals surface area contributed by atoms with Gasteiger partial charge in [-0.15, -0.1) is 9.36 Å². The first-order valence-corrected chi connectivity index (χ1v) is 5.30. The molecule has 3 heteroatoms. The lowest BCUT2D eigenvalue weighted by atomic mass is 10.3. The van der Waals surface area contributed by atoms with Crippen LogP contribution in [0.3, 0.4) is 0 Å². The molecule has 0 aliphatic carbocycles. The normalized spacial score (nSPS) is 10.6. The van der Waals surface area contributed by atoms with Crippen molar-refractivity contribution >= 4 is 0 Å². The van der Waals surface area contributed by atoms with Crippen LogP contribution in [0.25, 0.3) is 0 Å². The van der Waals surface area contributed by atoms with Crippen LogP contribution in [0.15, 0.2) is 12.4 Å². The molecular formula is C10H20N3+. The van der Waals surface area contributed by atoms with Gasteiger partial charge in [-0.2, -0.15) is 0 Å². The molecule has 0 amide bonds. The van der Waals surface area contributed by atoms with E-state index in [0.29, 0.717) is 0 Å². The predicted octanol–water partition coefficient (Wildman–Crippen LogP) is 1.77. The largest absolute Gasteiger partial charge is 0.155 e. The zero-order valence-corrected chi connectivity index (χ0v) is 8.74. The first-order chi connectivity index (χ1) is 6.36. The SMILES string of the molecule is CCCCn1cc[n+](CCCC)n1. The molecule has 0 radical (unpaired) electrons. The van der Waals surface area contributed by atoms with E-state index in [1.807, 2.05) is 9.36 Å². The smallest absolute Gasteiger partial charge is 0.138 e. The average Bonchev–Trinajstić information content (AvgIpc) is 2.59. The van der Waals surface area contributed by atoms with Crippen molar-refractivity contribution in [3.05, 3.63) is 12.4 Å². The molecule has 0 spiro atoms. The second kappa shape index (κ2) is 5.73. The maximum atomic E-state index is 4.42. The molecule has 1 aromatic heterocycles. The Kier molecular flexibility index (Phi) is 4.50. The van der Waals surface area contributed by atoms with E-state index in [1.165, 1.54) is 25.7 Å². The van der Waals surface area contributed by atoms with Crippen molar-refractivity contribution in [1.82, 2.24) is 9.90 Å². The molecule has 0 aliphatic heterocycles. The highest BCUT2D eigenvalue weighted by Gasteiger charge is 2.03. The Bertz CT molecular complexity index is 207. The molecular weight excluding hydrogens is 162 g/mol. The Morgan fingerprint density at radius 3 is 2.69 bits per heavy atom. The highest BCUT2D eigenvalue weighted by molar-refractivity contribution is 4.57. The zero-order valence-electron chi connectivity index (χ0n) is 8.74. The van der Waals surface area contributed by atoms with Crippen LogP contribution in [-0.2, 0) is 13.1 Å². The summed E-state index contributed by atoms with van der Waals surface area (Å²) in [5.41, 5.74) is 0. The molecule has 0 unspecified atom stereocenters. The van der Waals surface area contributed by atoms with Crippen molar-refractivity contribution in [2.75, 3.05) is 0 Å². The van der Waals surface area contributed by atoms with Crippen LogP contribution in [0.1, 0.15) is 39.5 Å². The molecule has 0 aromatic carbocycles. The summed E-state index contributed by atoms with van der Waals surface area (Å²) in [6, 6.07) is 0. The summed E-state index contributed by atoms with van der Waals surface area (Å²) in [5.74, 6) is 0. The summed E-state index contributed by atoms with van der Waals surface area (Å²) in [4.78, 5) is 0. The van der Waals surface area contributed by atoms with Crippen molar-refractivity contribution in [3.8, 4) is 0 Å². The van der Waals surface area contributed by atoms with Crippen molar-refractivity contribution in [1.29, 1.82) is 0 Å². The molecule has 1 aromatic rings. The number of aryl methyl sites for hydroxylation is 2. The van der Waals surface area contributed by atoms with Gasteiger partial charge in [-0.1, -0.05) is 26.7 Å². The molecule has 13 heavy (non-hydrogen) atoms. The van der Waals surface area contributed by atoms with Gasteiger partial charge in [-0.05, 0) is 12.8 Å². The molecule has 0 saturated carbocycles. The summed E-state index contributed by atoms with van der Waals surface area (Å²) in [6.07, 6.45) is 9.02. The Morgan fingerprint density at radius 1 is 1.23 bits per heavy atom. The Balaban J connectivity index is 2.34. The molecule has 74 valence electrons. The lowest BCUT2D eigenvalue weighted by Crippen LogP contribution is -2.36. The van der Waals surface area contributed by atoms with Gasteiger partial charge in [0.1, 0.15) is 13.1 Å². The third-order valence-corrected chi connectivity index (χ3v) is 2.12. The van der Waals surface area contributed by atoms with Crippen molar-refractivity contribution in [2.24, 2.45) is 0 Å². The number of rotatable bonds is 6. The number of unbranched alkanes of at least 4 members (excludes halogenated alkanes) is 2. The molecule has 1 rings (SSSR count). The second-order valence-corrected chi connectivity index (χ2v) is 3.42. The van der Waals surface area contributed by atoms with Gasteiger partial charge in [0.05, 0.1) is 5.21 Å². The van der Waals surface area contributed by atoms with E-state index in [0.717, 1.165) is 13.1 Å². The van der Waals surface area contributed by atoms with Gasteiger partial charge in [-0.25, -0.2) is 0 Å². The molecule has 0 bridgehead atoms. The Labute approximate surface area is 80.4 Å². The predicted molar refractivity (Wildman–Crippen MR) is 52.2 cm³/mol. The van der Waals surface area contributed by atoms with Gasteiger partial charge in [-0.3, -0.25) is 0 Å². The highest BCUT2D eigenvalue weighted by Crippen LogP contribution is 1.91. The van der Waals surface area contributed by atoms with Crippen molar-refractivity contribution in [3.63, 3.8) is 0 Å². The molecule has 0 aliphatic rings. The summed E-state index contributed by atoms with van der Waals surface area (Å²) in [6.45, 7) is 6.51. The van der Waals surface area contributed by atoms with E-state index in [1.54, 1.807) is 0 Å². The van der Waals surface area contributed by atoms with E-state index < -0.39 is 0 Å². The number of hydrogen-bond acceptors (Lipinski definition) is 1. The van der Waals surface area contributed by atoms with Crippen molar-refractivity contribution in [2.45, 2.75) is 52.6 Å². The van der Waals surface area contributed by atoms with E-state index >= 15 is 0 Å². The van der Waals surface area contributed by atoms with E-state index in [2.05, 4.69) is 31.5 Å². The van der Waals surface area contributed by atoms with Crippen LogP contribution < -0.4 is 4.68 Å². The Morgan fingerprint density at radius 2 is 2.00 bits per heavy atom. The molecule has 0 saturated heterocycles. The minimum Gasteiger partial charge on any atom is -0.138 e. The van der Waals surface area contributed by atoms with E-state index in [9.17, 15) is 0 Å². The maximum absolute atomic E-state index is 4.42. The van der Waals surface area contributed by atoms with Gasteiger partial charge < -0.3 is 0 Å². The fourth-order valence-corrected chi connectivity index (χ4v) is 1.24. The molecule has 0 N–H and O–H groups in total. The van der Waals surface area contributed by atoms with Crippen LogP contribution in [0, 0.1) is 0 Å². The number of hydrogen-bond donors (Lipinski definition) is 0. The third kappa shape index (κ3) is 3.57. The lowest BCUT2D eigenvalue weighted by Gasteiger charge is -1.91. The zero-order chi connectivity index (χ0) is 9.52. The number of nitrogens with zero attached hydrogens (tertiary/aromatic N) is 3. The molecule has 0 fully saturated rings. The fourth-order valence-electron chi connectivity index (χ4n) is 1.24. The number of aromatic nitrogens is 3. The summed E-state index contributed by atoms with van der Waals surface area (Å²) >= 11 is 0. The van der Waals surface area contributed by atoms with Gasteiger partial charge in [0.15, 0.2) is 12.4 Å². The lowest BCUT2D eigenvalue weighted by molar-refractivity contribution is -0.755. The Hall–Kier alpha value is -0.860. The first kappa shape index (κ1) is 10.2. The third-order valence-electron chi connectivity index (χ3n) is 2.12. The standard InChI is InChI=1S/C10H20N3/c1-3-5-7-12-9-10-13(11-12)8-6-4-2/h9-10H,3-8H2,1-2H3/q+1.